The highest BCUT2D eigenvalue weighted by Crippen LogP contribution is 2.27. The summed E-state index contributed by atoms with van der Waals surface area (Å²) in [7, 11) is 1.58. The topological polar surface area (TPSA) is 50.8 Å². The van der Waals surface area contributed by atoms with E-state index < -0.39 is 0 Å². The largest absolute Gasteiger partial charge is 0.495 e. The van der Waals surface area contributed by atoms with E-state index >= 15 is 0 Å². The molecule has 2 aromatic carbocycles. The fourth-order valence-electron chi connectivity index (χ4n) is 2.77. The Morgan fingerprint density at radius 2 is 2.04 bits per heavy atom. The third-order valence-electron chi connectivity index (χ3n) is 4.12. The molecule has 3 rings (SSSR count). The lowest BCUT2D eigenvalue weighted by Crippen LogP contribution is -2.40. The molecule has 0 radical (unpaired) electrons. The lowest BCUT2D eigenvalue weighted by atomic mass is 10.1. The number of benzene rings is 2. The number of hydrogen-bond acceptors (Lipinski definition) is 4. The van der Waals surface area contributed by atoms with E-state index in [4.69, 9.17) is 9.47 Å². The second kappa shape index (κ2) is 7.98. The van der Waals surface area contributed by atoms with E-state index in [0.717, 1.165) is 5.56 Å². The van der Waals surface area contributed by atoms with E-state index in [0.29, 0.717) is 49.8 Å². The molecule has 1 N–H and O–H groups in total. The molecule has 1 aliphatic rings. The van der Waals surface area contributed by atoms with Gasteiger partial charge in [0.15, 0.2) is 0 Å². The molecule has 1 saturated heterocycles. The summed E-state index contributed by atoms with van der Waals surface area (Å²) >= 11 is 0. The normalized spacial score (nSPS) is 14.2. The van der Waals surface area contributed by atoms with E-state index in [1.54, 1.807) is 36.3 Å². The molecule has 0 atom stereocenters. The third-order valence-corrected chi connectivity index (χ3v) is 4.12. The first kappa shape index (κ1) is 17.2. The van der Waals surface area contributed by atoms with Crippen molar-refractivity contribution < 1.29 is 18.7 Å². The number of amides is 1. The Kier molecular flexibility index (Phi) is 5.50. The Hall–Kier alpha value is -2.60. The number of anilines is 1. The first-order valence-electron chi connectivity index (χ1n) is 8.21. The molecule has 25 heavy (non-hydrogen) atoms. The number of carbonyl (C=O) groups is 1. The van der Waals surface area contributed by atoms with Crippen molar-refractivity contribution in [1.82, 2.24) is 4.90 Å². The highest BCUT2D eigenvalue weighted by atomic mass is 19.1. The number of morpholine rings is 1. The van der Waals surface area contributed by atoms with Crippen molar-refractivity contribution in [3.63, 3.8) is 0 Å². The minimum absolute atomic E-state index is 0.0280. The van der Waals surface area contributed by atoms with Crippen LogP contribution in [0.25, 0.3) is 0 Å². The van der Waals surface area contributed by atoms with Crippen LogP contribution in [0.15, 0.2) is 42.5 Å². The van der Waals surface area contributed by atoms with E-state index in [9.17, 15) is 9.18 Å². The zero-order valence-corrected chi connectivity index (χ0v) is 14.1. The smallest absolute Gasteiger partial charge is 0.254 e. The van der Waals surface area contributed by atoms with Crippen LogP contribution >= 0.6 is 0 Å². The quantitative estimate of drug-likeness (QED) is 0.906. The van der Waals surface area contributed by atoms with Crippen LogP contribution in [0.1, 0.15) is 15.9 Å². The lowest BCUT2D eigenvalue weighted by Gasteiger charge is -2.27. The van der Waals surface area contributed by atoms with E-state index in [-0.39, 0.29) is 11.7 Å². The summed E-state index contributed by atoms with van der Waals surface area (Å²) in [4.78, 5) is 14.4. The molecule has 132 valence electrons. The van der Waals surface area contributed by atoms with Gasteiger partial charge < -0.3 is 19.7 Å². The van der Waals surface area contributed by atoms with Gasteiger partial charge in [-0.2, -0.15) is 0 Å². The summed E-state index contributed by atoms with van der Waals surface area (Å²) in [5, 5.41) is 3.22. The molecule has 5 nitrogen and oxygen atoms in total. The number of rotatable bonds is 5. The molecular weight excluding hydrogens is 323 g/mol. The molecular formula is C19H21FN2O3. The van der Waals surface area contributed by atoms with Crippen LogP contribution < -0.4 is 10.1 Å². The van der Waals surface area contributed by atoms with Crippen LogP contribution in [0.5, 0.6) is 5.75 Å². The van der Waals surface area contributed by atoms with Gasteiger partial charge in [0.05, 0.1) is 26.0 Å². The van der Waals surface area contributed by atoms with Gasteiger partial charge in [0.1, 0.15) is 11.6 Å². The molecule has 1 amide bonds. The maximum absolute atomic E-state index is 13.3. The Morgan fingerprint density at radius 1 is 1.24 bits per heavy atom. The van der Waals surface area contributed by atoms with Gasteiger partial charge in [-0.15, -0.1) is 0 Å². The monoisotopic (exact) mass is 344 g/mol. The van der Waals surface area contributed by atoms with Crippen molar-refractivity contribution in [2.24, 2.45) is 0 Å². The molecule has 0 bridgehead atoms. The van der Waals surface area contributed by atoms with Gasteiger partial charge >= 0.3 is 0 Å². The molecule has 1 fully saturated rings. The number of carbonyl (C=O) groups excluding carboxylic acids is 1. The van der Waals surface area contributed by atoms with Crippen LogP contribution in [0.4, 0.5) is 10.1 Å². The number of ether oxygens (including phenoxy) is 2. The highest BCUT2D eigenvalue weighted by molar-refractivity contribution is 5.95. The minimum Gasteiger partial charge on any atom is -0.495 e. The van der Waals surface area contributed by atoms with Crippen LogP contribution in [-0.4, -0.2) is 44.2 Å². The zero-order chi connectivity index (χ0) is 17.6. The first-order chi connectivity index (χ1) is 12.2. The summed E-state index contributed by atoms with van der Waals surface area (Å²) in [6.45, 7) is 2.75. The van der Waals surface area contributed by atoms with Gasteiger partial charge in [-0.3, -0.25) is 4.79 Å². The summed E-state index contributed by atoms with van der Waals surface area (Å²) in [5.74, 6) is 0.331. The summed E-state index contributed by atoms with van der Waals surface area (Å²) < 4.78 is 23.9. The molecule has 0 aromatic heterocycles. The van der Waals surface area contributed by atoms with Crippen LogP contribution in [-0.2, 0) is 11.3 Å². The maximum atomic E-state index is 13.3. The van der Waals surface area contributed by atoms with Crippen molar-refractivity contribution in [1.29, 1.82) is 0 Å². The molecule has 2 aromatic rings. The number of halogens is 1. The second-order valence-corrected chi connectivity index (χ2v) is 5.80. The Morgan fingerprint density at radius 3 is 2.76 bits per heavy atom. The predicted octanol–water partition coefficient (Wildman–Crippen LogP) is 2.92. The second-order valence-electron chi connectivity index (χ2n) is 5.80. The van der Waals surface area contributed by atoms with Crippen molar-refractivity contribution >= 4 is 11.6 Å². The van der Waals surface area contributed by atoms with Crippen molar-refractivity contribution in [2.45, 2.75) is 6.54 Å². The van der Waals surface area contributed by atoms with Gasteiger partial charge in [-0.25, -0.2) is 4.39 Å². The van der Waals surface area contributed by atoms with E-state index in [1.165, 1.54) is 12.1 Å². The molecule has 6 heteroatoms. The Labute approximate surface area is 146 Å². The number of hydrogen-bond donors (Lipinski definition) is 1. The summed E-state index contributed by atoms with van der Waals surface area (Å²) in [6.07, 6.45) is 0. The van der Waals surface area contributed by atoms with Crippen LogP contribution in [0.2, 0.25) is 0 Å². The molecule has 0 saturated carbocycles. The molecule has 1 aliphatic heterocycles. The maximum Gasteiger partial charge on any atom is 0.254 e. The van der Waals surface area contributed by atoms with Gasteiger partial charge in [0.2, 0.25) is 0 Å². The van der Waals surface area contributed by atoms with Gasteiger partial charge in [-0.05, 0) is 35.9 Å². The van der Waals surface area contributed by atoms with E-state index in [1.807, 2.05) is 6.07 Å². The Balaban J connectivity index is 1.76. The van der Waals surface area contributed by atoms with Crippen LogP contribution in [0.3, 0.4) is 0 Å². The highest BCUT2D eigenvalue weighted by Gasteiger charge is 2.19. The summed E-state index contributed by atoms with van der Waals surface area (Å²) in [5.41, 5.74) is 2.10. The first-order valence-corrected chi connectivity index (χ1v) is 8.21. The van der Waals surface area contributed by atoms with Crippen LogP contribution in [0, 0.1) is 5.82 Å². The number of methoxy groups -OCH3 is 1. The number of nitrogens with one attached hydrogen (secondary N) is 1. The van der Waals surface area contributed by atoms with Gasteiger partial charge in [-0.1, -0.05) is 12.1 Å². The molecule has 0 spiro atoms. The Bertz CT molecular complexity index is 745. The fourth-order valence-corrected chi connectivity index (χ4v) is 2.77. The fraction of sp³-hybridized carbons (Fsp3) is 0.316. The average molecular weight is 344 g/mol. The van der Waals surface area contributed by atoms with Gasteiger partial charge in [0.25, 0.3) is 5.91 Å². The minimum atomic E-state index is -0.275. The zero-order valence-electron chi connectivity index (χ0n) is 14.1. The number of nitrogens with zero attached hydrogens (tertiary/aromatic N) is 1. The van der Waals surface area contributed by atoms with Crippen molar-refractivity contribution in [3.8, 4) is 5.75 Å². The molecule has 1 heterocycles. The van der Waals surface area contributed by atoms with Crippen molar-refractivity contribution in [3.05, 3.63) is 59.4 Å². The standard InChI is InChI=1S/C19H21FN2O3/c1-24-18-6-5-15(19(23)22-7-9-25-10-8-22)12-17(18)21-13-14-3-2-4-16(20)11-14/h2-6,11-12,21H,7-10,13H2,1H3. The molecule has 0 aliphatic carbocycles. The molecule has 0 unspecified atom stereocenters. The SMILES string of the molecule is COc1ccc(C(=O)N2CCOCC2)cc1NCc1cccc(F)c1. The summed E-state index contributed by atoms with van der Waals surface area (Å²) in [6, 6.07) is 11.7. The lowest BCUT2D eigenvalue weighted by molar-refractivity contribution is 0.0303. The average Bonchev–Trinajstić information content (AvgIpc) is 2.66. The van der Waals surface area contributed by atoms with Gasteiger partial charge in [0, 0.05) is 25.2 Å². The third kappa shape index (κ3) is 4.28. The predicted molar refractivity (Wildman–Crippen MR) is 93.4 cm³/mol. The van der Waals surface area contributed by atoms with E-state index in [2.05, 4.69) is 5.32 Å². The van der Waals surface area contributed by atoms with Crippen molar-refractivity contribution in [2.75, 3.05) is 38.7 Å².